The van der Waals surface area contributed by atoms with Gasteiger partial charge in [0.15, 0.2) is 0 Å². The summed E-state index contributed by atoms with van der Waals surface area (Å²) in [5.41, 5.74) is 6.76. The molecular weight excluding hydrogens is 276 g/mol. The van der Waals surface area contributed by atoms with Crippen LogP contribution in [0.25, 0.3) is 6.08 Å². The second-order valence-electron chi connectivity index (χ2n) is 4.80. The average molecular weight is 294 g/mol. The molecule has 1 fully saturated rings. The van der Waals surface area contributed by atoms with E-state index in [1.807, 2.05) is 4.90 Å². The molecule has 2 rings (SSSR count). The summed E-state index contributed by atoms with van der Waals surface area (Å²) in [6.45, 7) is 2.95. The fraction of sp³-hybridized carbons (Fsp3) is 0.462. The number of carbonyl (C=O) groups excluding carboxylic acids is 1. The third-order valence-electron chi connectivity index (χ3n) is 3.36. The zero-order valence-corrected chi connectivity index (χ0v) is 11.9. The summed E-state index contributed by atoms with van der Waals surface area (Å²) in [5, 5.41) is 13.1. The van der Waals surface area contributed by atoms with Gasteiger partial charge in [-0.3, -0.25) is 9.48 Å². The Kier molecular flexibility index (Phi) is 4.27. The Morgan fingerprint density at radius 3 is 2.86 bits per heavy atom. The number of primary amides is 1. The Bertz CT molecular complexity index is 593. The summed E-state index contributed by atoms with van der Waals surface area (Å²) in [6.07, 6.45) is 2.53. The van der Waals surface area contributed by atoms with Crippen LogP contribution in [0.4, 0.5) is 5.82 Å². The maximum Gasteiger partial charge on any atom is 0.328 e. The number of nitrogens with zero attached hydrogens (tertiary/aromatic N) is 3. The zero-order valence-electron chi connectivity index (χ0n) is 11.9. The maximum atomic E-state index is 11.6. The Hall–Kier alpha value is -2.35. The summed E-state index contributed by atoms with van der Waals surface area (Å²) in [6, 6.07) is -0.592. The quantitative estimate of drug-likeness (QED) is 0.725. The van der Waals surface area contributed by atoms with Crippen LogP contribution in [-0.2, 0) is 21.4 Å². The lowest BCUT2D eigenvalue weighted by atomic mass is 10.1. The number of aliphatic carboxylic acids is 1. The number of carboxylic acids is 1. The molecule has 0 aromatic carbocycles. The first kappa shape index (κ1) is 15.0. The molecule has 0 radical (unpaired) electrons. The molecule has 1 aliphatic heterocycles. The molecule has 1 amide bonds. The number of rotatable bonds is 4. The number of aryl methyl sites for hydroxylation is 2. The molecular formula is C13H18N4O4. The van der Waals surface area contributed by atoms with Gasteiger partial charge in [0.1, 0.15) is 11.9 Å². The van der Waals surface area contributed by atoms with Crippen molar-refractivity contribution < 1.29 is 19.4 Å². The van der Waals surface area contributed by atoms with Crippen LogP contribution in [0.2, 0.25) is 0 Å². The minimum Gasteiger partial charge on any atom is -0.478 e. The number of aromatic nitrogens is 2. The zero-order chi connectivity index (χ0) is 15.6. The van der Waals surface area contributed by atoms with E-state index < -0.39 is 17.9 Å². The van der Waals surface area contributed by atoms with Crippen molar-refractivity contribution in [1.82, 2.24) is 9.78 Å². The Morgan fingerprint density at radius 1 is 1.52 bits per heavy atom. The van der Waals surface area contributed by atoms with Crippen molar-refractivity contribution in [1.29, 1.82) is 0 Å². The van der Waals surface area contributed by atoms with Crippen molar-refractivity contribution in [2.24, 2.45) is 12.8 Å². The van der Waals surface area contributed by atoms with Gasteiger partial charge in [-0.1, -0.05) is 0 Å². The van der Waals surface area contributed by atoms with Gasteiger partial charge < -0.3 is 20.5 Å². The van der Waals surface area contributed by atoms with Gasteiger partial charge in [0.2, 0.25) is 5.91 Å². The molecule has 8 heteroatoms. The van der Waals surface area contributed by atoms with E-state index in [2.05, 4.69) is 5.10 Å². The van der Waals surface area contributed by atoms with Gasteiger partial charge >= 0.3 is 5.97 Å². The lowest BCUT2D eigenvalue weighted by Gasteiger charge is -2.35. The fourth-order valence-electron chi connectivity index (χ4n) is 2.45. The fourth-order valence-corrected chi connectivity index (χ4v) is 2.45. The van der Waals surface area contributed by atoms with Crippen LogP contribution in [0, 0.1) is 6.92 Å². The second kappa shape index (κ2) is 5.96. The molecule has 114 valence electrons. The van der Waals surface area contributed by atoms with Gasteiger partial charge in [0.25, 0.3) is 0 Å². The molecule has 1 atom stereocenters. The van der Waals surface area contributed by atoms with Crippen LogP contribution in [-0.4, -0.2) is 52.6 Å². The summed E-state index contributed by atoms with van der Waals surface area (Å²) in [7, 11) is 1.74. The molecule has 0 aliphatic carbocycles. The molecule has 1 aromatic heterocycles. The van der Waals surface area contributed by atoms with E-state index in [1.54, 1.807) is 18.7 Å². The van der Waals surface area contributed by atoms with E-state index in [1.165, 1.54) is 6.08 Å². The summed E-state index contributed by atoms with van der Waals surface area (Å²) in [5.74, 6) is -0.864. The number of carbonyl (C=O) groups is 2. The molecule has 0 bridgehead atoms. The van der Waals surface area contributed by atoms with E-state index in [9.17, 15) is 9.59 Å². The van der Waals surface area contributed by atoms with Gasteiger partial charge in [0.05, 0.1) is 18.9 Å². The van der Waals surface area contributed by atoms with Gasteiger partial charge in [0, 0.05) is 25.2 Å². The molecule has 3 N–H and O–H groups in total. The van der Waals surface area contributed by atoms with Crippen molar-refractivity contribution in [2.75, 3.05) is 24.7 Å². The number of carboxylic acid groups (broad SMARTS) is 1. The normalized spacial score (nSPS) is 19.1. The van der Waals surface area contributed by atoms with Crippen molar-refractivity contribution in [3.05, 3.63) is 17.3 Å². The topological polar surface area (TPSA) is 111 Å². The van der Waals surface area contributed by atoms with Crippen LogP contribution in [0.1, 0.15) is 11.3 Å². The van der Waals surface area contributed by atoms with Crippen molar-refractivity contribution in [3.8, 4) is 0 Å². The van der Waals surface area contributed by atoms with Gasteiger partial charge in [-0.2, -0.15) is 5.10 Å². The largest absolute Gasteiger partial charge is 0.478 e. The van der Waals surface area contributed by atoms with Crippen molar-refractivity contribution in [2.45, 2.75) is 13.0 Å². The lowest BCUT2D eigenvalue weighted by molar-refractivity contribution is -0.131. The molecule has 8 nitrogen and oxygen atoms in total. The molecule has 1 aliphatic rings. The highest BCUT2D eigenvalue weighted by molar-refractivity contribution is 5.88. The van der Waals surface area contributed by atoms with E-state index in [0.717, 1.165) is 6.08 Å². The summed E-state index contributed by atoms with van der Waals surface area (Å²) >= 11 is 0. The number of hydrogen-bond acceptors (Lipinski definition) is 5. The summed E-state index contributed by atoms with van der Waals surface area (Å²) < 4.78 is 6.92. The second-order valence-corrected chi connectivity index (χ2v) is 4.80. The summed E-state index contributed by atoms with van der Waals surface area (Å²) in [4.78, 5) is 24.1. The minimum atomic E-state index is -1.04. The molecule has 0 saturated carbocycles. The van der Waals surface area contributed by atoms with Crippen LogP contribution < -0.4 is 10.6 Å². The van der Waals surface area contributed by atoms with Gasteiger partial charge in [-0.05, 0) is 13.0 Å². The third-order valence-corrected chi connectivity index (χ3v) is 3.36. The first-order valence-corrected chi connectivity index (χ1v) is 6.50. The van der Waals surface area contributed by atoms with E-state index >= 15 is 0 Å². The Balaban J connectivity index is 2.46. The lowest BCUT2D eigenvalue weighted by Crippen LogP contribution is -2.53. The first-order valence-electron chi connectivity index (χ1n) is 6.50. The van der Waals surface area contributed by atoms with Crippen LogP contribution >= 0.6 is 0 Å². The maximum absolute atomic E-state index is 11.6. The SMILES string of the molecule is Cc1nn(C)c(N2CCOCC2C(N)=O)c1/C=C/C(=O)O. The number of amides is 1. The number of morpholine rings is 1. The minimum absolute atomic E-state index is 0.210. The Morgan fingerprint density at radius 2 is 2.24 bits per heavy atom. The van der Waals surface area contributed by atoms with Gasteiger partial charge in [-0.15, -0.1) is 0 Å². The van der Waals surface area contributed by atoms with Gasteiger partial charge in [-0.25, -0.2) is 4.79 Å². The van der Waals surface area contributed by atoms with E-state index in [-0.39, 0.29) is 6.61 Å². The van der Waals surface area contributed by atoms with E-state index in [4.69, 9.17) is 15.6 Å². The van der Waals surface area contributed by atoms with Crippen molar-refractivity contribution >= 4 is 23.8 Å². The monoisotopic (exact) mass is 294 g/mol. The van der Waals surface area contributed by atoms with E-state index in [0.29, 0.717) is 30.2 Å². The highest BCUT2D eigenvalue weighted by Gasteiger charge is 2.31. The highest BCUT2D eigenvalue weighted by atomic mass is 16.5. The highest BCUT2D eigenvalue weighted by Crippen LogP contribution is 2.27. The third kappa shape index (κ3) is 3.05. The van der Waals surface area contributed by atoms with Crippen molar-refractivity contribution in [3.63, 3.8) is 0 Å². The molecule has 2 heterocycles. The number of nitrogens with two attached hydrogens (primary N) is 1. The van der Waals surface area contributed by atoms with Crippen LogP contribution in [0.5, 0.6) is 0 Å². The average Bonchev–Trinajstić information content (AvgIpc) is 2.70. The standard InChI is InChI=1S/C13H18N4O4/c1-8-9(3-4-11(18)19)13(16(2)15-8)17-5-6-21-7-10(17)12(14)20/h3-4,10H,5-7H2,1-2H3,(H2,14,20)(H,18,19)/b4-3+. The number of ether oxygens (including phenoxy) is 1. The first-order chi connectivity index (χ1) is 9.91. The Labute approximate surface area is 121 Å². The molecule has 1 unspecified atom stereocenters. The predicted octanol–water partition coefficient (Wildman–Crippen LogP) is -0.483. The number of anilines is 1. The smallest absolute Gasteiger partial charge is 0.328 e. The molecule has 1 aromatic rings. The predicted molar refractivity (Wildman–Crippen MR) is 75.8 cm³/mol. The van der Waals surface area contributed by atoms with Crippen LogP contribution in [0.15, 0.2) is 6.08 Å². The molecule has 1 saturated heterocycles. The molecule has 21 heavy (non-hydrogen) atoms. The number of hydrogen-bond donors (Lipinski definition) is 2. The molecule has 0 spiro atoms. The van der Waals surface area contributed by atoms with Crippen LogP contribution in [0.3, 0.4) is 0 Å².